The number of ether oxygens (including phenoxy) is 2. The van der Waals surface area contributed by atoms with Crippen LogP contribution >= 0.6 is 0 Å². The number of benzene rings is 1. The Morgan fingerprint density at radius 2 is 2.09 bits per heavy atom. The van der Waals surface area contributed by atoms with Gasteiger partial charge in [-0.1, -0.05) is 29.8 Å². The monoisotopic (exact) mass is 306 g/mol. The van der Waals surface area contributed by atoms with Crippen molar-refractivity contribution in [1.29, 1.82) is 0 Å². The van der Waals surface area contributed by atoms with E-state index in [2.05, 4.69) is 5.32 Å². The highest BCUT2D eigenvalue weighted by molar-refractivity contribution is 5.86. The van der Waals surface area contributed by atoms with Crippen molar-refractivity contribution in [3.05, 3.63) is 35.4 Å². The lowest BCUT2D eigenvalue weighted by Crippen LogP contribution is -2.53. The number of nitrogens with zero attached hydrogens (tertiary/aromatic N) is 1. The highest BCUT2D eigenvalue weighted by Gasteiger charge is 2.39. The summed E-state index contributed by atoms with van der Waals surface area (Å²) in [4.78, 5) is 25.8. The van der Waals surface area contributed by atoms with Gasteiger partial charge in [0.25, 0.3) is 5.91 Å². The molecular formula is C16H22N2O4. The molecule has 1 N–H and O–H groups in total. The summed E-state index contributed by atoms with van der Waals surface area (Å²) in [7, 11) is 3.27. The van der Waals surface area contributed by atoms with Crippen LogP contribution in [0.25, 0.3) is 0 Å². The average Bonchev–Trinajstić information content (AvgIpc) is 2.51. The topological polar surface area (TPSA) is 67.9 Å². The molecule has 0 unspecified atom stereocenters. The Hall–Kier alpha value is -1.92. The Balaban J connectivity index is 2.20. The highest BCUT2D eigenvalue weighted by atomic mass is 16.5. The highest BCUT2D eigenvalue weighted by Crippen LogP contribution is 2.29. The quantitative estimate of drug-likeness (QED) is 0.811. The van der Waals surface area contributed by atoms with E-state index in [1.165, 1.54) is 0 Å². The average molecular weight is 306 g/mol. The molecule has 2 atom stereocenters. The Kier molecular flexibility index (Phi) is 5.51. The minimum absolute atomic E-state index is 0.0821. The zero-order valence-corrected chi connectivity index (χ0v) is 13.2. The number of rotatable bonds is 5. The maximum absolute atomic E-state index is 12.3. The number of hydrogen-bond acceptors (Lipinski definition) is 4. The second kappa shape index (κ2) is 7.38. The third kappa shape index (κ3) is 3.64. The number of methoxy groups -OCH3 is 1. The van der Waals surface area contributed by atoms with E-state index >= 15 is 0 Å². The van der Waals surface area contributed by atoms with E-state index in [0.717, 1.165) is 11.1 Å². The first kappa shape index (κ1) is 16.5. The van der Waals surface area contributed by atoms with E-state index in [1.54, 1.807) is 19.1 Å². The van der Waals surface area contributed by atoms with Gasteiger partial charge in [-0.25, -0.2) is 0 Å². The van der Waals surface area contributed by atoms with Crippen LogP contribution in [0.3, 0.4) is 0 Å². The second-order valence-corrected chi connectivity index (χ2v) is 5.38. The van der Waals surface area contributed by atoms with Crippen molar-refractivity contribution in [3.63, 3.8) is 0 Å². The third-order valence-electron chi connectivity index (χ3n) is 3.77. The van der Waals surface area contributed by atoms with E-state index < -0.39 is 12.1 Å². The van der Waals surface area contributed by atoms with Gasteiger partial charge in [-0.05, 0) is 12.5 Å². The normalized spacial score (nSPS) is 21.8. The molecule has 1 aromatic rings. The van der Waals surface area contributed by atoms with Crippen molar-refractivity contribution in [1.82, 2.24) is 10.2 Å². The van der Waals surface area contributed by atoms with Crippen LogP contribution in [0.5, 0.6) is 0 Å². The number of amides is 2. The van der Waals surface area contributed by atoms with Crippen LogP contribution in [0, 0.1) is 6.92 Å². The number of carbonyl (C=O) groups excluding carboxylic acids is 2. The van der Waals surface area contributed by atoms with E-state index in [-0.39, 0.29) is 18.4 Å². The van der Waals surface area contributed by atoms with E-state index in [4.69, 9.17) is 9.47 Å². The van der Waals surface area contributed by atoms with E-state index in [0.29, 0.717) is 13.2 Å². The molecule has 1 fully saturated rings. The first-order valence-corrected chi connectivity index (χ1v) is 7.25. The third-order valence-corrected chi connectivity index (χ3v) is 3.77. The molecule has 0 aromatic heterocycles. The summed E-state index contributed by atoms with van der Waals surface area (Å²) < 4.78 is 10.4. The van der Waals surface area contributed by atoms with Crippen LogP contribution in [-0.2, 0) is 19.1 Å². The number of carbonyl (C=O) groups is 2. The van der Waals surface area contributed by atoms with E-state index in [1.807, 2.05) is 31.2 Å². The summed E-state index contributed by atoms with van der Waals surface area (Å²) >= 11 is 0. The van der Waals surface area contributed by atoms with Gasteiger partial charge in [0.15, 0.2) is 6.10 Å². The van der Waals surface area contributed by atoms with Crippen molar-refractivity contribution in [2.24, 2.45) is 0 Å². The maximum atomic E-state index is 12.3. The zero-order valence-electron chi connectivity index (χ0n) is 13.2. The molecule has 2 rings (SSSR count). The van der Waals surface area contributed by atoms with Crippen LogP contribution in [-0.4, -0.2) is 56.7 Å². The van der Waals surface area contributed by atoms with Gasteiger partial charge in [0.2, 0.25) is 5.91 Å². The van der Waals surface area contributed by atoms with Crippen LogP contribution in [0.15, 0.2) is 24.3 Å². The Labute approximate surface area is 130 Å². The van der Waals surface area contributed by atoms with Gasteiger partial charge in [0.1, 0.15) is 6.61 Å². The fourth-order valence-electron chi connectivity index (χ4n) is 2.47. The molecule has 0 spiro atoms. The maximum Gasteiger partial charge on any atom is 0.251 e. The fraction of sp³-hybridized carbons (Fsp3) is 0.500. The lowest BCUT2D eigenvalue weighted by Gasteiger charge is -2.38. The zero-order chi connectivity index (χ0) is 16.1. The molecule has 0 radical (unpaired) electrons. The molecule has 0 aliphatic carbocycles. The van der Waals surface area contributed by atoms with Crippen molar-refractivity contribution >= 4 is 11.8 Å². The predicted octanol–water partition coefficient (Wildman–Crippen LogP) is 0.656. The van der Waals surface area contributed by atoms with Gasteiger partial charge in [0.05, 0.1) is 12.6 Å². The number of morpholine rings is 1. The lowest BCUT2D eigenvalue weighted by atomic mass is 9.97. The van der Waals surface area contributed by atoms with Crippen molar-refractivity contribution < 1.29 is 19.1 Å². The Morgan fingerprint density at radius 3 is 2.73 bits per heavy atom. The molecule has 6 nitrogen and oxygen atoms in total. The van der Waals surface area contributed by atoms with Gasteiger partial charge in [-0.15, -0.1) is 0 Å². The first-order valence-electron chi connectivity index (χ1n) is 7.25. The largest absolute Gasteiger partial charge is 0.383 e. The van der Waals surface area contributed by atoms with Crippen LogP contribution in [0.2, 0.25) is 0 Å². The fourth-order valence-corrected chi connectivity index (χ4v) is 2.47. The number of hydrogen-bond donors (Lipinski definition) is 1. The molecule has 1 aliphatic heterocycles. The lowest BCUT2D eigenvalue weighted by molar-refractivity contribution is -0.162. The predicted molar refractivity (Wildman–Crippen MR) is 81.3 cm³/mol. The number of aryl methyl sites for hydroxylation is 1. The molecule has 6 heteroatoms. The SMILES string of the molecule is COCCNC(=O)[C@H]1OCC(=O)N(C)[C@@H]1c1ccc(C)cc1. The van der Waals surface area contributed by atoms with Gasteiger partial charge in [0, 0.05) is 20.7 Å². The smallest absolute Gasteiger partial charge is 0.251 e. The summed E-state index contributed by atoms with van der Waals surface area (Å²) in [6.45, 7) is 2.75. The van der Waals surface area contributed by atoms with Crippen molar-refractivity contribution in [2.75, 3.05) is 33.9 Å². The molecule has 1 aliphatic rings. The number of likely N-dealkylation sites (N-methyl/N-ethyl adjacent to an activating group) is 1. The van der Waals surface area contributed by atoms with Gasteiger partial charge in [-0.2, -0.15) is 0 Å². The summed E-state index contributed by atoms with van der Waals surface area (Å²) in [5.74, 6) is -0.367. The standard InChI is InChI=1S/C16H22N2O4/c1-11-4-6-12(7-5-11)14-15(16(20)17-8-9-21-3)22-10-13(19)18(14)2/h4-7,14-15H,8-10H2,1-3H3,(H,17,20)/t14-,15+/m1/s1. The van der Waals surface area contributed by atoms with Crippen molar-refractivity contribution in [2.45, 2.75) is 19.1 Å². The number of nitrogens with one attached hydrogen (secondary N) is 1. The van der Waals surface area contributed by atoms with Crippen LogP contribution in [0.1, 0.15) is 17.2 Å². The molecule has 120 valence electrons. The molecule has 0 bridgehead atoms. The van der Waals surface area contributed by atoms with Crippen LogP contribution in [0.4, 0.5) is 0 Å². The van der Waals surface area contributed by atoms with Gasteiger partial charge >= 0.3 is 0 Å². The van der Waals surface area contributed by atoms with Crippen molar-refractivity contribution in [3.8, 4) is 0 Å². The second-order valence-electron chi connectivity index (χ2n) is 5.38. The molecule has 0 saturated carbocycles. The van der Waals surface area contributed by atoms with Gasteiger partial charge in [-0.3, -0.25) is 9.59 Å². The van der Waals surface area contributed by atoms with Crippen LogP contribution < -0.4 is 5.32 Å². The molecule has 1 aromatic carbocycles. The minimum Gasteiger partial charge on any atom is -0.383 e. The molecule has 1 saturated heterocycles. The Bertz CT molecular complexity index is 529. The van der Waals surface area contributed by atoms with Gasteiger partial charge < -0.3 is 19.7 Å². The molecule has 22 heavy (non-hydrogen) atoms. The summed E-state index contributed by atoms with van der Waals surface area (Å²) in [5.41, 5.74) is 2.00. The molecular weight excluding hydrogens is 284 g/mol. The summed E-state index contributed by atoms with van der Waals surface area (Å²) in [5, 5.41) is 2.77. The minimum atomic E-state index is -0.720. The van der Waals surface area contributed by atoms with E-state index in [9.17, 15) is 9.59 Å². The molecule has 2 amide bonds. The first-order chi connectivity index (χ1) is 10.5. The summed E-state index contributed by atoms with van der Waals surface area (Å²) in [6.07, 6.45) is -0.720. The molecule has 1 heterocycles. The Morgan fingerprint density at radius 1 is 1.41 bits per heavy atom. The summed E-state index contributed by atoms with van der Waals surface area (Å²) in [6, 6.07) is 7.34.